The Hall–Kier alpha value is -3.34. The summed E-state index contributed by atoms with van der Waals surface area (Å²) >= 11 is 0. The lowest BCUT2D eigenvalue weighted by atomic mass is 9.93. The molecular weight excluding hydrogens is 431 g/mol. The summed E-state index contributed by atoms with van der Waals surface area (Å²) in [5.41, 5.74) is 4.44. The Balaban J connectivity index is 1.82. The highest BCUT2D eigenvalue weighted by Gasteiger charge is 2.14. The zero-order chi connectivity index (χ0) is 24.5. The highest BCUT2D eigenvalue weighted by Crippen LogP contribution is 2.32. The molecule has 180 valence electrons. The molecule has 0 bridgehead atoms. The lowest BCUT2D eigenvalue weighted by Crippen LogP contribution is -2.03. The second kappa shape index (κ2) is 12.2. The lowest BCUT2D eigenvalue weighted by molar-refractivity contribution is -0.137. The number of halogens is 1. The van der Waals surface area contributed by atoms with E-state index in [-0.39, 0.29) is 18.2 Å². The fourth-order valence-corrected chi connectivity index (χ4v) is 4.07. The normalized spacial score (nSPS) is 11.8. The summed E-state index contributed by atoms with van der Waals surface area (Å²) in [6.07, 6.45) is 4.19. The maximum absolute atomic E-state index is 14.7. The molecule has 0 aliphatic heterocycles. The van der Waals surface area contributed by atoms with Crippen LogP contribution in [0.3, 0.4) is 0 Å². The number of hydrogen-bond donors (Lipinski definition) is 1. The first-order valence-corrected chi connectivity index (χ1v) is 11.8. The molecule has 0 saturated heterocycles. The molecule has 5 heteroatoms. The first-order valence-electron chi connectivity index (χ1n) is 11.8. The molecule has 0 amide bonds. The van der Waals surface area contributed by atoms with Crippen LogP contribution in [0.4, 0.5) is 4.39 Å². The van der Waals surface area contributed by atoms with Gasteiger partial charge in [0.15, 0.2) is 0 Å². The largest absolute Gasteiger partial charge is 0.497 e. The molecule has 0 saturated carbocycles. The van der Waals surface area contributed by atoms with Gasteiger partial charge in [0.05, 0.1) is 13.5 Å². The van der Waals surface area contributed by atoms with Crippen molar-refractivity contribution in [1.29, 1.82) is 0 Å². The lowest BCUT2D eigenvalue weighted by Gasteiger charge is -2.15. The molecule has 0 aliphatic rings. The molecule has 0 heterocycles. The summed E-state index contributed by atoms with van der Waals surface area (Å²) in [7, 11) is 1.58. The van der Waals surface area contributed by atoms with Crippen molar-refractivity contribution < 1.29 is 23.8 Å². The Morgan fingerprint density at radius 3 is 2.56 bits per heavy atom. The molecule has 3 rings (SSSR count). The standard InChI is InChI=1S/C29H33FO4/c1-4-5-6-8-23-16-21(11-13-26(23)27-18-24(33-3)12-14-28(27)30)19-34-25-10-7-9-22(17-25)20(2)15-29(31)32/h7,9-14,16-18,20H,4-6,8,15,19H2,1-3H3,(H,31,32)/t20-/m1/s1. The van der Waals surface area contributed by atoms with Crippen LogP contribution in [0.25, 0.3) is 11.1 Å². The molecule has 1 atom stereocenters. The number of carbonyl (C=O) groups is 1. The van der Waals surface area contributed by atoms with Crippen LogP contribution in [0.1, 0.15) is 62.1 Å². The molecule has 1 N–H and O–H groups in total. The molecule has 4 nitrogen and oxygen atoms in total. The summed E-state index contributed by atoms with van der Waals surface area (Å²) < 4.78 is 26.0. The molecule has 3 aromatic rings. The Bertz CT molecular complexity index is 1110. The topological polar surface area (TPSA) is 55.8 Å². The minimum absolute atomic E-state index is 0.0763. The number of hydrogen-bond acceptors (Lipinski definition) is 3. The third-order valence-corrected chi connectivity index (χ3v) is 6.00. The summed E-state index contributed by atoms with van der Waals surface area (Å²) in [5, 5.41) is 9.06. The number of unbranched alkanes of at least 4 members (excludes halogenated alkanes) is 2. The van der Waals surface area contributed by atoms with E-state index in [2.05, 4.69) is 13.0 Å². The number of ether oxygens (including phenoxy) is 2. The average Bonchev–Trinajstić information content (AvgIpc) is 2.83. The number of carboxylic acids is 1. The van der Waals surface area contributed by atoms with E-state index in [0.29, 0.717) is 23.7 Å². The minimum atomic E-state index is -0.818. The number of benzene rings is 3. The predicted molar refractivity (Wildman–Crippen MR) is 133 cm³/mol. The van der Waals surface area contributed by atoms with Gasteiger partial charge in [-0.05, 0) is 71.3 Å². The Labute approximate surface area is 201 Å². The van der Waals surface area contributed by atoms with Crippen LogP contribution in [0.5, 0.6) is 11.5 Å². The zero-order valence-electron chi connectivity index (χ0n) is 20.1. The Kier molecular flexibility index (Phi) is 9.08. The summed E-state index contributed by atoms with van der Waals surface area (Å²) in [5.74, 6) is 0.143. The number of rotatable bonds is 12. The fourth-order valence-electron chi connectivity index (χ4n) is 4.07. The van der Waals surface area contributed by atoms with Gasteiger partial charge >= 0.3 is 5.97 Å². The van der Waals surface area contributed by atoms with E-state index in [1.807, 2.05) is 43.3 Å². The van der Waals surface area contributed by atoms with Crippen molar-refractivity contribution in [3.05, 3.63) is 83.2 Å². The number of carboxylic acid groups (broad SMARTS) is 1. The smallest absolute Gasteiger partial charge is 0.303 e. The van der Waals surface area contributed by atoms with Crippen molar-refractivity contribution in [2.24, 2.45) is 0 Å². The average molecular weight is 465 g/mol. The van der Waals surface area contributed by atoms with Crippen molar-refractivity contribution in [3.8, 4) is 22.6 Å². The van der Waals surface area contributed by atoms with E-state index in [9.17, 15) is 9.18 Å². The van der Waals surface area contributed by atoms with Crippen molar-refractivity contribution in [3.63, 3.8) is 0 Å². The van der Waals surface area contributed by atoms with Crippen molar-refractivity contribution in [2.45, 2.75) is 58.5 Å². The number of aliphatic carboxylic acids is 1. The molecule has 0 aliphatic carbocycles. The van der Waals surface area contributed by atoms with E-state index >= 15 is 0 Å². The monoisotopic (exact) mass is 464 g/mol. The van der Waals surface area contributed by atoms with Crippen LogP contribution >= 0.6 is 0 Å². The van der Waals surface area contributed by atoms with Crippen LogP contribution in [0.15, 0.2) is 60.7 Å². The van der Waals surface area contributed by atoms with E-state index in [1.54, 1.807) is 19.2 Å². The molecular formula is C29H33FO4. The van der Waals surface area contributed by atoms with Crippen LogP contribution in [0, 0.1) is 5.82 Å². The van der Waals surface area contributed by atoms with E-state index in [1.165, 1.54) is 6.07 Å². The van der Waals surface area contributed by atoms with Crippen molar-refractivity contribution >= 4 is 5.97 Å². The molecule has 0 spiro atoms. The van der Waals surface area contributed by atoms with E-state index in [0.717, 1.165) is 47.9 Å². The van der Waals surface area contributed by atoms with Gasteiger partial charge in [0, 0.05) is 5.56 Å². The third kappa shape index (κ3) is 6.83. The van der Waals surface area contributed by atoms with Crippen molar-refractivity contribution in [1.82, 2.24) is 0 Å². The van der Waals surface area contributed by atoms with E-state index < -0.39 is 5.97 Å². The Morgan fingerprint density at radius 1 is 1.00 bits per heavy atom. The Morgan fingerprint density at radius 2 is 1.82 bits per heavy atom. The summed E-state index contributed by atoms with van der Waals surface area (Å²) in [6.45, 7) is 4.43. The molecule has 0 unspecified atom stereocenters. The SMILES string of the molecule is CCCCCc1cc(COc2cccc([C@H](C)CC(=O)O)c2)ccc1-c1cc(OC)ccc1F. The molecule has 0 aromatic heterocycles. The van der Waals surface area contributed by atoms with Gasteiger partial charge in [0.1, 0.15) is 23.9 Å². The minimum Gasteiger partial charge on any atom is -0.497 e. The molecule has 0 fully saturated rings. The maximum Gasteiger partial charge on any atom is 0.303 e. The second-order valence-electron chi connectivity index (χ2n) is 8.65. The molecule has 34 heavy (non-hydrogen) atoms. The fraction of sp³-hybridized carbons (Fsp3) is 0.345. The highest BCUT2D eigenvalue weighted by molar-refractivity contribution is 5.70. The summed E-state index contributed by atoms with van der Waals surface area (Å²) in [4.78, 5) is 11.0. The third-order valence-electron chi connectivity index (χ3n) is 6.00. The van der Waals surface area contributed by atoms with Gasteiger partial charge in [-0.25, -0.2) is 4.39 Å². The van der Waals surface area contributed by atoms with Gasteiger partial charge in [-0.3, -0.25) is 4.79 Å². The van der Waals surface area contributed by atoms with Gasteiger partial charge in [-0.2, -0.15) is 0 Å². The maximum atomic E-state index is 14.7. The van der Waals surface area contributed by atoms with Gasteiger partial charge in [-0.15, -0.1) is 0 Å². The quantitative estimate of drug-likeness (QED) is 0.284. The zero-order valence-corrected chi connectivity index (χ0v) is 20.1. The van der Waals surface area contributed by atoms with E-state index in [4.69, 9.17) is 14.6 Å². The van der Waals surface area contributed by atoms with Crippen LogP contribution in [0.2, 0.25) is 0 Å². The summed E-state index contributed by atoms with van der Waals surface area (Å²) in [6, 6.07) is 18.4. The van der Waals surface area contributed by atoms with Gasteiger partial charge in [0.25, 0.3) is 0 Å². The number of methoxy groups -OCH3 is 1. The number of aryl methyl sites for hydroxylation is 1. The first kappa shape index (κ1) is 25.3. The van der Waals surface area contributed by atoms with Crippen molar-refractivity contribution in [2.75, 3.05) is 7.11 Å². The van der Waals surface area contributed by atoms with Gasteiger partial charge in [0.2, 0.25) is 0 Å². The highest BCUT2D eigenvalue weighted by atomic mass is 19.1. The van der Waals surface area contributed by atoms with Crippen LogP contribution in [-0.2, 0) is 17.8 Å². The predicted octanol–water partition coefficient (Wildman–Crippen LogP) is 7.39. The van der Waals surface area contributed by atoms with Crippen LogP contribution < -0.4 is 9.47 Å². The van der Waals surface area contributed by atoms with Gasteiger partial charge in [-0.1, -0.05) is 57.0 Å². The first-order chi connectivity index (χ1) is 16.4. The van der Waals surface area contributed by atoms with Gasteiger partial charge < -0.3 is 14.6 Å². The molecule has 0 radical (unpaired) electrons. The van der Waals surface area contributed by atoms with Crippen LogP contribution in [-0.4, -0.2) is 18.2 Å². The molecule has 3 aromatic carbocycles. The second-order valence-corrected chi connectivity index (χ2v) is 8.65.